The highest BCUT2D eigenvalue weighted by Gasteiger charge is 2.39. The van der Waals surface area contributed by atoms with Crippen molar-refractivity contribution in [2.24, 2.45) is 5.92 Å². The van der Waals surface area contributed by atoms with E-state index in [1.165, 1.54) is 0 Å². The topological polar surface area (TPSA) is 66.4 Å². The lowest BCUT2D eigenvalue weighted by Crippen LogP contribution is -2.55. The van der Waals surface area contributed by atoms with Crippen LogP contribution in [-0.4, -0.2) is 25.7 Å². The first-order valence-electron chi connectivity index (χ1n) is 4.71. The van der Waals surface area contributed by atoms with Crippen LogP contribution in [0.3, 0.4) is 0 Å². The summed E-state index contributed by atoms with van der Waals surface area (Å²) in [6, 6.07) is 0. The first kappa shape index (κ1) is 11.7. The fourth-order valence-electron chi connectivity index (χ4n) is 1.66. The summed E-state index contributed by atoms with van der Waals surface area (Å²) in [4.78, 5) is 0. The van der Waals surface area contributed by atoms with Gasteiger partial charge in [0.2, 0.25) is 10.0 Å². The molecule has 0 heterocycles. The van der Waals surface area contributed by atoms with Gasteiger partial charge in [-0.3, -0.25) is 0 Å². The molecular weight excluding hydrogens is 202 g/mol. The summed E-state index contributed by atoms with van der Waals surface area (Å²) in [6.07, 6.45) is 3.05. The number of aliphatic hydroxyl groups is 1. The minimum atomic E-state index is -3.46. The SMILES string of the molecule is C=CS(=O)(=O)NC(C)(CO)C1CCC1. The monoisotopic (exact) mass is 219 g/mol. The maximum Gasteiger partial charge on any atom is 0.233 e. The molecule has 0 aromatic rings. The molecule has 0 aliphatic heterocycles. The van der Waals surface area contributed by atoms with Crippen LogP contribution in [0.15, 0.2) is 12.0 Å². The first-order valence-corrected chi connectivity index (χ1v) is 6.25. The lowest BCUT2D eigenvalue weighted by Gasteiger charge is -2.41. The predicted octanol–water partition coefficient (Wildman–Crippen LogP) is 0.600. The van der Waals surface area contributed by atoms with Crippen LogP contribution in [0.5, 0.6) is 0 Å². The third-order valence-electron chi connectivity index (χ3n) is 2.93. The highest BCUT2D eigenvalue weighted by Crippen LogP contribution is 2.36. The second-order valence-corrected chi connectivity index (χ2v) is 5.64. The van der Waals surface area contributed by atoms with Gasteiger partial charge in [-0.1, -0.05) is 13.0 Å². The average molecular weight is 219 g/mol. The Morgan fingerprint density at radius 1 is 1.64 bits per heavy atom. The number of nitrogens with one attached hydrogen (secondary N) is 1. The van der Waals surface area contributed by atoms with Crippen LogP contribution in [0.4, 0.5) is 0 Å². The van der Waals surface area contributed by atoms with Gasteiger partial charge in [0.25, 0.3) is 0 Å². The van der Waals surface area contributed by atoms with Gasteiger partial charge >= 0.3 is 0 Å². The molecule has 0 radical (unpaired) electrons. The summed E-state index contributed by atoms with van der Waals surface area (Å²) in [6.45, 7) is 4.78. The summed E-state index contributed by atoms with van der Waals surface area (Å²) >= 11 is 0. The van der Waals surface area contributed by atoms with Gasteiger partial charge in [0.1, 0.15) is 0 Å². The van der Waals surface area contributed by atoms with E-state index in [0.29, 0.717) is 0 Å². The molecule has 1 saturated carbocycles. The van der Waals surface area contributed by atoms with Crippen molar-refractivity contribution in [3.8, 4) is 0 Å². The van der Waals surface area contributed by atoms with E-state index in [2.05, 4.69) is 11.3 Å². The van der Waals surface area contributed by atoms with Crippen molar-refractivity contribution in [2.75, 3.05) is 6.61 Å². The Bertz CT molecular complexity index is 308. The third-order valence-corrected chi connectivity index (χ3v) is 4.12. The number of sulfonamides is 1. The van der Waals surface area contributed by atoms with Crippen LogP contribution in [-0.2, 0) is 10.0 Å². The van der Waals surface area contributed by atoms with E-state index in [1.54, 1.807) is 6.92 Å². The molecule has 1 aliphatic rings. The Labute approximate surface area is 85.1 Å². The van der Waals surface area contributed by atoms with Gasteiger partial charge in [-0.15, -0.1) is 0 Å². The fourth-order valence-corrected chi connectivity index (χ4v) is 2.62. The normalized spacial score (nSPS) is 22.4. The molecule has 5 heteroatoms. The van der Waals surface area contributed by atoms with E-state index in [1.807, 2.05) is 0 Å². The number of hydrogen-bond donors (Lipinski definition) is 2. The summed E-state index contributed by atoms with van der Waals surface area (Å²) in [5.41, 5.74) is -0.731. The number of aliphatic hydroxyl groups excluding tert-OH is 1. The predicted molar refractivity (Wildman–Crippen MR) is 55.1 cm³/mol. The lowest BCUT2D eigenvalue weighted by atomic mass is 9.72. The van der Waals surface area contributed by atoms with Crippen molar-refractivity contribution in [1.29, 1.82) is 0 Å². The molecule has 1 atom stereocenters. The summed E-state index contributed by atoms with van der Waals surface area (Å²) in [5, 5.41) is 10.1. The van der Waals surface area contributed by atoms with Crippen LogP contribution in [0.2, 0.25) is 0 Å². The molecule has 1 aliphatic carbocycles. The Kier molecular flexibility index (Phi) is 3.34. The van der Waals surface area contributed by atoms with Gasteiger partial charge in [-0.2, -0.15) is 0 Å². The molecule has 1 unspecified atom stereocenters. The van der Waals surface area contributed by atoms with Crippen LogP contribution in [0, 0.1) is 5.92 Å². The van der Waals surface area contributed by atoms with E-state index >= 15 is 0 Å². The van der Waals surface area contributed by atoms with Crippen LogP contribution < -0.4 is 4.72 Å². The van der Waals surface area contributed by atoms with Gasteiger partial charge in [-0.25, -0.2) is 13.1 Å². The van der Waals surface area contributed by atoms with Crippen molar-refractivity contribution in [3.05, 3.63) is 12.0 Å². The minimum absolute atomic E-state index is 0.176. The lowest BCUT2D eigenvalue weighted by molar-refractivity contribution is 0.0923. The largest absolute Gasteiger partial charge is 0.394 e. The fraction of sp³-hybridized carbons (Fsp3) is 0.778. The minimum Gasteiger partial charge on any atom is -0.394 e. The van der Waals surface area contributed by atoms with Crippen molar-refractivity contribution in [2.45, 2.75) is 31.7 Å². The molecule has 0 bridgehead atoms. The van der Waals surface area contributed by atoms with E-state index in [-0.39, 0.29) is 12.5 Å². The molecule has 1 fully saturated rings. The van der Waals surface area contributed by atoms with Gasteiger partial charge in [-0.05, 0) is 25.7 Å². The quantitative estimate of drug-likeness (QED) is 0.711. The molecule has 0 saturated heterocycles. The molecule has 14 heavy (non-hydrogen) atoms. The Hall–Kier alpha value is -0.390. The van der Waals surface area contributed by atoms with Gasteiger partial charge in [0.05, 0.1) is 12.1 Å². The van der Waals surface area contributed by atoms with E-state index in [0.717, 1.165) is 24.7 Å². The standard InChI is InChI=1S/C9H17NO3S/c1-3-14(12,13)10-9(2,7-11)8-5-4-6-8/h3,8,10-11H,1,4-7H2,2H3. The van der Waals surface area contributed by atoms with Crippen molar-refractivity contribution in [3.63, 3.8) is 0 Å². The molecule has 4 nitrogen and oxygen atoms in total. The number of hydrogen-bond acceptors (Lipinski definition) is 3. The highest BCUT2D eigenvalue weighted by atomic mass is 32.2. The van der Waals surface area contributed by atoms with E-state index in [4.69, 9.17) is 0 Å². The molecule has 0 aromatic heterocycles. The highest BCUT2D eigenvalue weighted by molar-refractivity contribution is 7.92. The Morgan fingerprint density at radius 2 is 2.21 bits per heavy atom. The zero-order valence-electron chi connectivity index (χ0n) is 8.36. The van der Waals surface area contributed by atoms with Gasteiger partial charge in [0.15, 0.2) is 0 Å². The average Bonchev–Trinajstić information content (AvgIpc) is 2.00. The smallest absolute Gasteiger partial charge is 0.233 e. The zero-order chi connectivity index (χ0) is 10.8. The summed E-state index contributed by atoms with van der Waals surface area (Å²) in [7, 11) is -3.46. The van der Waals surface area contributed by atoms with Crippen LogP contribution in [0.1, 0.15) is 26.2 Å². The Morgan fingerprint density at radius 3 is 2.50 bits per heavy atom. The maximum absolute atomic E-state index is 11.3. The maximum atomic E-state index is 11.3. The second-order valence-electron chi connectivity index (χ2n) is 4.02. The van der Waals surface area contributed by atoms with Crippen molar-refractivity contribution < 1.29 is 13.5 Å². The van der Waals surface area contributed by atoms with E-state index in [9.17, 15) is 13.5 Å². The van der Waals surface area contributed by atoms with E-state index < -0.39 is 15.6 Å². The third kappa shape index (κ3) is 2.34. The zero-order valence-corrected chi connectivity index (χ0v) is 9.18. The number of rotatable bonds is 5. The molecule has 2 N–H and O–H groups in total. The second kappa shape index (κ2) is 4.00. The first-order chi connectivity index (χ1) is 6.43. The molecule has 1 rings (SSSR count). The Balaban J connectivity index is 2.75. The molecule has 0 amide bonds. The van der Waals surface area contributed by atoms with Crippen LogP contribution >= 0.6 is 0 Å². The van der Waals surface area contributed by atoms with Gasteiger partial charge < -0.3 is 5.11 Å². The molecular formula is C9H17NO3S. The van der Waals surface area contributed by atoms with Crippen molar-refractivity contribution in [1.82, 2.24) is 4.72 Å². The van der Waals surface area contributed by atoms with Crippen LogP contribution in [0.25, 0.3) is 0 Å². The molecule has 0 aromatic carbocycles. The molecule has 82 valence electrons. The van der Waals surface area contributed by atoms with Gasteiger partial charge in [0, 0.05) is 5.41 Å². The summed E-state index contributed by atoms with van der Waals surface area (Å²) < 4.78 is 25.0. The van der Waals surface area contributed by atoms with Crippen molar-refractivity contribution >= 4 is 10.0 Å². The summed E-state index contributed by atoms with van der Waals surface area (Å²) in [5.74, 6) is 0.238. The molecule has 0 spiro atoms.